The summed E-state index contributed by atoms with van der Waals surface area (Å²) in [5, 5.41) is 5.12. The van der Waals surface area contributed by atoms with Crippen LogP contribution in [0, 0.1) is 6.92 Å². The molecule has 1 aliphatic rings. The predicted octanol–water partition coefficient (Wildman–Crippen LogP) is 3.07. The topological polar surface area (TPSA) is 63.0 Å². The summed E-state index contributed by atoms with van der Waals surface area (Å²) in [6.07, 6.45) is -1.90. The van der Waals surface area contributed by atoms with Crippen molar-refractivity contribution in [1.82, 2.24) is 24.7 Å². The van der Waals surface area contributed by atoms with Crippen molar-refractivity contribution in [3.63, 3.8) is 0 Å². The van der Waals surface area contributed by atoms with Crippen LogP contribution in [0.5, 0.6) is 0 Å². The fraction of sp³-hybridized carbons (Fsp3) is 0.412. The number of hydrogen-bond donors (Lipinski definition) is 0. The van der Waals surface area contributed by atoms with Crippen LogP contribution in [0.4, 0.5) is 24.8 Å². The first-order chi connectivity index (χ1) is 13.2. The Morgan fingerprint density at radius 3 is 2.25 bits per heavy atom. The summed E-state index contributed by atoms with van der Waals surface area (Å²) in [5.74, 6) is 1.82. The normalized spacial score (nSPS) is 15.5. The maximum atomic E-state index is 12.8. The molecular formula is C17H17ClF3N7. The molecule has 0 spiro atoms. The molecule has 11 heteroatoms. The van der Waals surface area contributed by atoms with Gasteiger partial charge in [-0.05, 0) is 13.0 Å². The van der Waals surface area contributed by atoms with Crippen LogP contribution >= 0.6 is 11.6 Å². The fourth-order valence-corrected chi connectivity index (χ4v) is 3.59. The predicted molar refractivity (Wildman–Crippen MR) is 99.7 cm³/mol. The van der Waals surface area contributed by atoms with Crippen molar-refractivity contribution in [1.29, 1.82) is 0 Å². The van der Waals surface area contributed by atoms with Crippen LogP contribution in [-0.4, -0.2) is 50.9 Å². The molecule has 0 radical (unpaired) electrons. The van der Waals surface area contributed by atoms with Crippen LogP contribution in [0.25, 0.3) is 11.0 Å². The number of rotatable bonds is 2. The van der Waals surface area contributed by atoms with Crippen LogP contribution in [-0.2, 0) is 13.2 Å². The molecule has 4 heterocycles. The molecule has 1 aliphatic heterocycles. The number of pyridine rings is 1. The van der Waals surface area contributed by atoms with Gasteiger partial charge in [0.25, 0.3) is 0 Å². The molecule has 148 valence electrons. The van der Waals surface area contributed by atoms with Crippen molar-refractivity contribution < 1.29 is 13.2 Å². The Kier molecular flexibility index (Phi) is 4.53. The molecule has 0 aromatic carbocycles. The highest BCUT2D eigenvalue weighted by Gasteiger charge is 2.32. The quantitative estimate of drug-likeness (QED) is 0.646. The van der Waals surface area contributed by atoms with Gasteiger partial charge >= 0.3 is 6.18 Å². The van der Waals surface area contributed by atoms with E-state index in [4.69, 9.17) is 11.6 Å². The third-order valence-electron chi connectivity index (χ3n) is 4.71. The van der Waals surface area contributed by atoms with Gasteiger partial charge in [-0.15, -0.1) is 0 Å². The summed E-state index contributed by atoms with van der Waals surface area (Å²) in [5.41, 5.74) is -0.0901. The first-order valence-corrected chi connectivity index (χ1v) is 9.01. The zero-order chi connectivity index (χ0) is 20.1. The molecule has 1 fully saturated rings. The molecule has 7 nitrogen and oxygen atoms in total. The van der Waals surface area contributed by atoms with Crippen molar-refractivity contribution in [2.45, 2.75) is 13.1 Å². The first-order valence-electron chi connectivity index (χ1n) is 8.63. The van der Waals surface area contributed by atoms with Gasteiger partial charge in [0, 0.05) is 39.4 Å². The number of hydrogen-bond acceptors (Lipinski definition) is 6. The van der Waals surface area contributed by atoms with E-state index in [1.807, 2.05) is 18.9 Å². The second kappa shape index (κ2) is 6.77. The molecule has 0 amide bonds. The van der Waals surface area contributed by atoms with Gasteiger partial charge in [-0.2, -0.15) is 18.3 Å². The van der Waals surface area contributed by atoms with E-state index in [1.54, 1.807) is 10.9 Å². The molecule has 0 atom stereocenters. The molecule has 0 N–H and O–H groups in total. The van der Waals surface area contributed by atoms with E-state index in [-0.39, 0.29) is 5.02 Å². The lowest BCUT2D eigenvalue weighted by Gasteiger charge is -2.36. The molecule has 3 aromatic heterocycles. The minimum Gasteiger partial charge on any atom is -0.352 e. The summed E-state index contributed by atoms with van der Waals surface area (Å²) < 4.78 is 40.1. The number of aryl methyl sites for hydroxylation is 2. The average Bonchev–Trinajstić information content (AvgIpc) is 3.01. The molecule has 0 bridgehead atoms. The minimum atomic E-state index is -4.46. The van der Waals surface area contributed by atoms with E-state index in [0.29, 0.717) is 37.8 Å². The Morgan fingerprint density at radius 1 is 1.00 bits per heavy atom. The Labute approximate surface area is 163 Å². The number of piperazine rings is 1. The van der Waals surface area contributed by atoms with Gasteiger partial charge in [0.2, 0.25) is 0 Å². The average molecular weight is 412 g/mol. The number of fused-ring (bicyclic) bond motifs is 1. The molecular weight excluding hydrogens is 395 g/mol. The molecule has 3 aromatic rings. The Morgan fingerprint density at radius 2 is 1.64 bits per heavy atom. The summed E-state index contributed by atoms with van der Waals surface area (Å²) >= 11 is 6.07. The van der Waals surface area contributed by atoms with Gasteiger partial charge in [0.1, 0.15) is 17.5 Å². The largest absolute Gasteiger partial charge is 0.417 e. The smallest absolute Gasteiger partial charge is 0.352 e. The maximum Gasteiger partial charge on any atom is 0.417 e. The van der Waals surface area contributed by atoms with Crippen molar-refractivity contribution in [2.75, 3.05) is 36.0 Å². The summed E-state index contributed by atoms with van der Waals surface area (Å²) in [6, 6.07) is 0.920. The monoisotopic (exact) mass is 411 g/mol. The van der Waals surface area contributed by atoms with Crippen molar-refractivity contribution in [3.05, 3.63) is 34.9 Å². The lowest BCUT2D eigenvalue weighted by atomic mass is 10.2. The lowest BCUT2D eigenvalue weighted by Crippen LogP contribution is -2.47. The van der Waals surface area contributed by atoms with Gasteiger partial charge in [0.05, 0.1) is 22.2 Å². The highest BCUT2D eigenvalue weighted by Crippen LogP contribution is 2.34. The molecule has 0 aliphatic carbocycles. The van der Waals surface area contributed by atoms with E-state index in [0.717, 1.165) is 29.1 Å². The highest BCUT2D eigenvalue weighted by atomic mass is 35.5. The summed E-state index contributed by atoms with van der Waals surface area (Å²) in [6.45, 7) is 4.20. The Bertz CT molecular complexity index is 1030. The standard InChI is InChI=1S/C17H17ClF3N7/c1-10-24-14-12(9-23-26(14)2)15(25-10)27-3-5-28(6-4-27)16-13(18)7-11(8-22-16)17(19,20)21/h7-9H,3-6H2,1-2H3. The van der Waals surface area contributed by atoms with E-state index in [2.05, 4.69) is 25.0 Å². The zero-order valence-corrected chi connectivity index (χ0v) is 16.0. The van der Waals surface area contributed by atoms with E-state index in [9.17, 15) is 13.2 Å². The van der Waals surface area contributed by atoms with Crippen LogP contribution in [0.1, 0.15) is 11.4 Å². The highest BCUT2D eigenvalue weighted by molar-refractivity contribution is 6.33. The molecule has 0 unspecified atom stereocenters. The molecule has 4 rings (SSSR count). The van der Waals surface area contributed by atoms with Crippen LogP contribution in [0.15, 0.2) is 18.5 Å². The second-order valence-corrected chi connectivity index (χ2v) is 7.01. The summed E-state index contributed by atoms with van der Waals surface area (Å²) in [4.78, 5) is 16.9. The van der Waals surface area contributed by atoms with Gasteiger partial charge in [0.15, 0.2) is 5.65 Å². The molecule has 0 saturated carbocycles. The second-order valence-electron chi connectivity index (χ2n) is 6.60. The van der Waals surface area contributed by atoms with E-state index < -0.39 is 11.7 Å². The Hall–Kier alpha value is -2.62. The lowest BCUT2D eigenvalue weighted by molar-refractivity contribution is -0.137. The van der Waals surface area contributed by atoms with E-state index >= 15 is 0 Å². The number of alkyl halides is 3. The van der Waals surface area contributed by atoms with Crippen molar-refractivity contribution >= 4 is 34.3 Å². The van der Waals surface area contributed by atoms with Gasteiger partial charge in [-0.1, -0.05) is 11.6 Å². The minimum absolute atomic E-state index is 0.00388. The SMILES string of the molecule is Cc1nc(N2CCN(c3ncc(C(F)(F)F)cc3Cl)CC2)c2cnn(C)c2n1. The van der Waals surface area contributed by atoms with Crippen molar-refractivity contribution in [2.24, 2.45) is 7.05 Å². The van der Waals surface area contributed by atoms with Crippen LogP contribution in [0.2, 0.25) is 5.02 Å². The number of nitrogens with zero attached hydrogens (tertiary/aromatic N) is 7. The zero-order valence-electron chi connectivity index (χ0n) is 15.2. The van der Waals surface area contributed by atoms with Gasteiger partial charge in [-0.3, -0.25) is 4.68 Å². The third kappa shape index (κ3) is 3.32. The van der Waals surface area contributed by atoms with E-state index in [1.165, 1.54) is 0 Å². The maximum absolute atomic E-state index is 12.8. The molecule has 28 heavy (non-hydrogen) atoms. The Balaban J connectivity index is 1.55. The van der Waals surface area contributed by atoms with Gasteiger partial charge < -0.3 is 9.80 Å². The number of aromatic nitrogens is 5. The van der Waals surface area contributed by atoms with Crippen LogP contribution in [0.3, 0.4) is 0 Å². The third-order valence-corrected chi connectivity index (χ3v) is 4.99. The fourth-order valence-electron chi connectivity index (χ4n) is 3.30. The summed E-state index contributed by atoms with van der Waals surface area (Å²) in [7, 11) is 1.83. The molecule has 1 saturated heterocycles. The number of anilines is 2. The van der Waals surface area contributed by atoms with Gasteiger partial charge in [-0.25, -0.2) is 15.0 Å². The number of halogens is 4. The van der Waals surface area contributed by atoms with Crippen LogP contribution < -0.4 is 9.80 Å². The first kappa shape index (κ1) is 18.7. The van der Waals surface area contributed by atoms with Crippen molar-refractivity contribution in [3.8, 4) is 0 Å².